The van der Waals surface area contributed by atoms with Crippen molar-refractivity contribution in [2.75, 3.05) is 19.2 Å². The van der Waals surface area contributed by atoms with Crippen LogP contribution >= 0.6 is 0 Å². The van der Waals surface area contributed by atoms with Gasteiger partial charge in [-0.1, -0.05) is 23.8 Å². The Balaban J connectivity index is 1.44. The van der Waals surface area contributed by atoms with E-state index in [0.717, 1.165) is 11.1 Å². The van der Waals surface area contributed by atoms with E-state index in [1.165, 1.54) is 12.1 Å². The lowest BCUT2D eigenvalue weighted by Crippen LogP contribution is -2.31. The average molecular weight is 433 g/mol. The van der Waals surface area contributed by atoms with Gasteiger partial charge in [0.15, 0.2) is 27.9 Å². The van der Waals surface area contributed by atoms with Crippen molar-refractivity contribution in [3.05, 3.63) is 53.6 Å². The van der Waals surface area contributed by atoms with Crippen molar-refractivity contribution in [1.29, 1.82) is 0 Å². The number of amides is 1. The van der Waals surface area contributed by atoms with Gasteiger partial charge in [-0.15, -0.1) is 0 Å². The van der Waals surface area contributed by atoms with Gasteiger partial charge in [0.05, 0.1) is 23.1 Å². The molecule has 0 saturated heterocycles. The summed E-state index contributed by atoms with van der Waals surface area (Å²) >= 11 is 0. The zero-order valence-corrected chi connectivity index (χ0v) is 17.5. The summed E-state index contributed by atoms with van der Waals surface area (Å²) in [6.45, 7) is 3.31. The third-order valence-corrected chi connectivity index (χ3v) is 6.33. The summed E-state index contributed by atoms with van der Waals surface area (Å²) in [5, 5.41) is 2.72. The number of rotatable bonds is 8. The van der Waals surface area contributed by atoms with E-state index in [-0.39, 0.29) is 29.9 Å². The molecule has 1 atom stereocenters. The molecule has 8 nitrogen and oxygen atoms in total. The lowest BCUT2D eigenvalue weighted by atomic mass is 10.1. The van der Waals surface area contributed by atoms with Crippen LogP contribution in [0.25, 0.3) is 0 Å². The highest BCUT2D eigenvalue weighted by Gasteiger charge is 2.19. The number of carbonyl (C=O) groups is 2. The van der Waals surface area contributed by atoms with Crippen LogP contribution in [0.5, 0.6) is 11.5 Å². The molecule has 9 heteroatoms. The van der Waals surface area contributed by atoms with Gasteiger partial charge in [-0.05, 0) is 43.7 Å². The van der Waals surface area contributed by atoms with Crippen LogP contribution < -0.4 is 14.8 Å². The first kappa shape index (κ1) is 21.6. The molecule has 160 valence electrons. The van der Waals surface area contributed by atoms with Gasteiger partial charge >= 0.3 is 5.97 Å². The molecule has 1 heterocycles. The molecular formula is C21H23NO7S. The highest BCUT2D eigenvalue weighted by molar-refractivity contribution is 7.91. The molecule has 1 aliphatic heterocycles. The molecule has 0 fully saturated rings. The minimum atomic E-state index is -3.59. The molecule has 0 bridgehead atoms. The van der Waals surface area contributed by atoms with Crippen molar-refractivity contribution >= 4 is 21.7 Å². The number of nitrogens with one attached hydrogen (secondary N) is 1. The molecule has 3 rings (SSSR count). The molecule has 0 radical (unpaired) electrons. The van der Waals surface area contributed by atoms with Crippen LogP contribution in [0.2, 0.25) is 0 Å². The molecule has 0 aliphatic carbocycles. The predicted octanol–water partition coefficient (Wildman–Crippen LogP) is 2.31. The van der Waals surface area contributed by atoms with E-state index in [1.54, 1.807) is 37.3 Å². The van der Waals surface area contributed by atoms with Crippen LogP contribution in [0.4, 0.5) is 0 Å². The molecule has 1 aliphatic rings. The number of hydrogen-bond acceptors (Lipinski definition) is 7. The van der Waals surface area contributed by atoms with Crippen molar-refractivity contribution < 1.29 is 32.2 Å². The van der Waals surface area contributed by atoms with Crippen molar-refractivity contribution in [3.63, 3.8) is 0 Å². The van der Waals surface area contributed by atoms with E-state index < -0.39 is 28.3 Å². The first-order valence-electron chi connectivity index (χ1n) is 9.38. The van der Waals surface area contributed by atoms with Gasteiger partial charge in [0.25, 0.3) is 5.91 Å². The molecule has 0 spiro atoms. The fourth-order valence-electron chi connectivity index (χ4n) is 2.85. The number of aryl methyl sites for hydroxylation is 1. The SMILES string of the molecule is Cc1ccc(S(=O)(=O)CCC(=O)OCC(=O)NC(C)c2ccc3c(c2)OCO3)cc1. The third-order valence-electron chi connectivity index (χ3n) is 4.59. The zero-order chi connectivity index (χ0) is 21.7. The number of hydrogen-bond donors (Lipinski definition) is 1. The maximum Gasteiger partial charge on any atom is 0.307 e. The van der Waals surface area contributed by atoms with Crippen LogP contribution in [0.1, 0.15) is 30.5 Å². The maximum absolute atomic E-state index is 12.3. The van der Waals surface area contributed by atoms with Gasteiger partial charge in [0.2, 0.25) is 6.79 Å². The van der Waals surface area contributed by atoms with Crippen molar-refractivity contribution in [1.82, 2.24) is 5.32 Å². The largest absolute Gasteiger partial charge is 0.456 e. The Kier molecular flexibility index (Phi) is 6.61. The minimum Gasteiger partial charge on any atom is -0.456 e. The topological polar surface area (TPSA) is 108 Å². The van der Waals surface area contributed by atoms with Gasteiger partial charge in [-0.25, -0.2) is 8.42 Å². The predicted molar refractivity (Wildman–Crippen MR) is 108 cm³/mol. The van der Waals surface area contributed by atoms with E-state index in [1.807, 2.05) is 6.92 Å². The lowest BCUT2D eigenvalue weighted by molar-refractivity contribution is -0.148. The van der Waals surface area contributed by atoms with Crippen LogP contribution in [0, 0.1) is 6.92 Å². The summed E-state index contributed by atoms with van der Waals surface area (Å²) in [6, 6.07) is 11.4. The number of esters is 1. The van der Waals surface area contributed by atoms with Crippen LogP contribution in [-0.2, 0) is 24.2 Å². The maximum atomic E-state index is 12.3. The standard InChI is InChI=1S/C21H23NO7S/c1-14-3-6-17(7-4-14)30(25,26)10-9-21(24)27-12-20(23)22-15(2)16-5-8-18-19(11-16)29-13-28-18/h3-8,11,15H,9-10,12-13H2,1-2H3,(H,22,23). The monoisotopic (exact) mass is 433 g/mol. The minimum absolute atomic E-state index is 0.149. The second kappa shape index (κ2) is 9.17. The molecule has 1 N–H and O–H groups in total. The Morgan fingerprint density at radius 2 is 1.80 bits per heavy atom. The van der Waals surface area contributed by atoms with E-state index in [4.69, 9.17) is 14.2 Å². The number of benzene rings is 2. The van der Waals surface area contributed by atoms with Gasteiger partial charge in [0.1, 0.15) is 0 Å². The number of carbonyl (C=O) groups excluding carboxylic acids is 2. The highest BCUT2D eigenvalue weighted by atomic mass is 32.2. The fourth-order valence-corrected chi connectivity index (χ4v) is 4.07. The quantitative estimate of drug-likeness (QED) is 0.637. The molecule has 0 saturated carbocycles. The molecule has 1 unspecified atom stereocenters. The number of sulfone groups is 1. The van der Waals surface area contributed by atoms with E-state index >= 15 is 0 Å². The summed E-state index contributed by atoms with van der Waals surface area (Å²) in [4.78, 5) is 24.1. The first-order chi connectivity index (χ1) is 14.2. The summed E-state index contributed by atoms with van der Waals surface area (Å²) in [7, 11) is -3.59. The summed E-state index contributed by atoms with van der Waals surface area (Å²) < 4.78 is 40.0. The van der Waals surface area contributed by atoms with E-state index in [9.17, 15) is 18.0 Å². The smallest absolute Gasteiger partial charge is 0.307 e. The van der Waals surface area contributed by atoms with Gasteiger partial charge in [-0.2, -0.15) is 0 Å². The van der Waals surface area contributed by atoms with Gasteiger partial charge in [0, 0.05) is 0 Å². The van der Waals surface area contributed by atoms with E-state index in [0.29, 0.717) is 11.5 Å². The highest BCUT2D eigenvalue weighted by Crippen LogP contribution is 2.34. The zero-order valence-electron chi connectivity index (χ0n) is 16.7. The van der Waals surface area contributed by atoms with Crippen LogP contribution in [0.15, 0.2) is 47.4 Å². The van der Waals surface area contributed by atoms with Gasteiger partial charge in [-0.3, -0.25) is 9.59 Å². The van der Waals surface area contributed by atoms with Crippen molar-refractivity contribution in [3.8, 4) is 11.5 Å². The van der Waals surface area contributed by atoms with E-state index in [2.05, 4.69) is 5.32 Å². The van der Waals surface area contributed by atoms with Crippen LogP contribution in [0.3, 0.4) is 0 Å². The first-order valence-corrected chi connectivity index (χ1v) is 11.0. The Morgan fingerprint density at radius 1 is 1.10 bits per heavy atom. The molecule has 2 aromatic rings. The summed E-state index contributed by atoms with van der Waals surface area (Å²) in [5.41, 5.74) is 1.75. The Labute approximate surface area is 175 Å². The lowest BCUT2D eigenvalue weighted by Gasteiger charge is -2.15. The second-order valence-corrected chi connectivity index (χ2v) is 9.05. The number of ether oxygens (including phenoxy) is 3. The Morgan fingerprint density at radius 3 is 2.53 bits per heavy atom. The average Bonchev–Trinajstić information content (AvgIpc) is 3.19. The molecule has 0 aromatic heterocycles. The Hall–Kier alpha value is -3.07. The second-order valence-electron chi connectivity index (χ2n) is 6.94. The van der Waals surface area contributed by atoms with Gasteiger partial charge < -0.3 is 19.5 Å². The fraction of sp³-hybridized carbons (Fsp3) is 0.333. The summed E-state index contributed by atoms with van der Waals surface area (Å²) in [5.74, 6) is -0.377. The van der Waals surface area contributed by atoms with Crippen LogP contribution in [-0.4, -0.2) is 39.4 Å². The molecular weight excluding hydrogens is 410 g/mol. The van der Waals surface area contributed by atoms with Crippen molar-refractivity contribution in [2.24, 2.45) is 0 Å². The molecule has 2 aromatic carbocycles. The van der Waals surface area contributed by atoms with Crippen molar-refractivity contribution in [2.45, 2.75) is 31.2 Å². The molecule has 30 heavy (non-hydrogen) atoms. The Bertz CT molecular complexity index is 1030. The summed E-state index contributed by atoms with van der Waals surface area (Å²) in [6.07, 6.45) is -0.332. The molecule has 1 amide bonds. The third kappa shape index (κ3) is 5.50. The number of fused-ring (bicyclic) bond motifs is 1. The normalized spacial score (nSPS) is 13.5.